The fraction of sp³-hybridized carbons (Fsp3) is 0.769. The van der Waals surface area contributed by atoms with Crippen molar-refractivity contribution >= 4 is 5.78 Å². The molecule has 1 unspecified atom stereocenters. The third kappa shape index (κ3) is 2.92. The fourth-order valence-electron chi connectivity index (χ4n) is 2.63. The lowest BCUT2D eigenvalue weighted by Crippen LogP contribution is -2.37. The van der Waals surface area contributed by atoms with Crippen LogP contribution in [0.3, 0.4) is 0 Å². The molecule has 92 valence electrons. The Morgan fingerprint density at radius 2 is 2.25 bits per heavy atom. The maximum atomic E-state index is 11.5. The van der Waals surface area contributed by atoms with Gasteiger partial charge in [0.25, 0.3) is 0 Å². The van der Waals surface area contributed by atoms with Gasteiger partial charge in [-0.3, -0.25) is 4.79 Å². The van der Waals surface area contributed by atoms with Crippen LogP contribution in [-0.4, -0.2) is 28.7 Å². The smallest absolute Gasteiger partial charge is 0.156 e. The predicted octanol–water partition coefficient (Wildman–Crippen LogP) is 1.68. The first-order valence-electron chi connectivity index (χ1n) is 5.89. The van der Waals surface area contributed by atoms with Gasteiger partial charge in [0.1, 0.15) is 0 Å². The number of carbonyl (C=O) groups is 1. The van der Waals surface area contributed by atoms with E-state index in [1.807, 2.05) is 13.8 Å². The summed E-state index contributed by atoms with van der Waals surface area (Å²) in [5.74, 6) is 0.298. The molecule has 3 atom stereocenters. The van der Waals surface area contributed by atoms with Gasteiger partial charge in [-0.15, -0.1) is 0 Å². The Balaban J connectivity index is 2.83. The summed E-state index contributed by atoms with van der Waals surface area (Å²) >= 11 is 0. The van der Waals surface area contributed by atoms with Crippen LogP contribution in [0.4, 0.5) is 0 Å². The van der Waals surface area contributed by atoms with Crippen molar-refractivity contribution in [3.63, 3.8) is 0 Å². The number of carbonyl (C=O) groups excluding carboxylic acids is 1. The van der Waals surface area contributed by atoms with Crippen molar-refractivity contribution in [1.82, 2.24) is 0 Å². The zero-order chi connectivity index (χ0) is 12.3. The number of ketones is 1. The standard InChI is InChI=1S/C13H22O3/c1-9-6-11(16)7-13(3,8-14)12(9)5-4-10(2)15/h6,10,12,14-15H,4-5,7-8H2,1-3H3/t10?,12-,13-/m0/s1. The zero-order valence-corrected chi connectivity index (χ0v) is 10.4. The minimum absolute atomic E-state index is 0.0222. The van der Waals surface area contributed by atoms with Crippen molar-refractivity contribution in [3.05, 3.63) is 11.6 Å². The second kappa shape index (κ2) is 5.11. The van der Waals surface area contributed by atoms with Crippen LogP contribution in [-0.2, 0) is 4.79 Å². The highest BCUT2D eigenvalue weighted by Gasteiger charge is 2.39. The highest BCUT2D eigenvalue weighted by atomic mass is 16.3. The van der Waals surface area contributed by atoms with E-state index in [9.17, 15) is 15.0 Å². The molecule has 0 saturated carbocycles. The van der Waals surface area contributed by atoms with Gasteiger partial charge in [-0.05, 0) is 38.7 Å². The first-order valence-corrected chi connectivity index (χ1v) is 5.89. The Labute approximate surface area is 97.2 Å². The summed E-state index contributed by atoms with van der Waals surface area (Å²) in [6.45, 7) is 5.68. The van der Waals surface area contributed by atoms with Crippen LogP contribution in [0.25, 0.3) is 0 Å². The minimum Gasteiger partial charge on any atom is -0.396 e. The van der Waals surface area contributed by atoms with E-state index in [-0.39, 0.29) is 29.8 Å². The molecule has 0 aromatic rings. The lowest BCUT2D eigenvalue weighted by atomic mass is 9.65. The number of aliphatic hydroxyl groups is 2. The molecular formula is C13H22O3. The molecule has 1 rings (SSSR count). The molecule has 0 heterocycles. The zero-order valence-electron chi connectivity index (χ0n) is 10.4. The number of hydrogen-bond donors (Lipinski definition) is 2. The summed E-state index contributed by atoms with van der Waals surface area (Å²) in [4.78, 5) is 11.5. The quantitative estimate of drug-likeness (QED) is 0.767. The molecule has 1 aliphatic carbocycles. The third-order valence-electron chi connectivity index (χ3n) is 3.59. The van der Waals surface area contributed by atoms with Gasteiger partial charge in [-0.25, -0.2) is 0 Å². The largest absolute Gasteiger partial charge is 0.396 e. The van der Waals surface area contributed by atoms with Gasteiger partial charge >= 0.3 is 0 Å². The molecule has 0 amide bonds. The summed E-state index contributed by atoms with van der Waals surface area (Å²) in [6, 6.07) is 0. The Morgan fingerprint density at radius 3 is 2.75 bits per heavy atom. The third-order valence-corrected chi connectivity index (χ3v) is 3.59. The summed E-state index contributed by atoms with van der Waals surface area (Å²) in [5.41, 5.74) is 0.679. The summed E-state index contributed by atoms with van der Waals surface area (Å²) in [7, 11) is 0. The van der Waals surface area contributed by atoms with Crippen molar-refractivity contribution in [1.29, 1.82) is 0 Å². The van der Waals surface area contributed by atoms with E-state index in [1.54, 1.807) is 13.0 Å². The summed E-state index contributed by atoms with van der Waals surface area (Å²) in [5, 5.41) is 18.8. The molecule has 3 nitrogen and oxygen atoms in total. The van der Waals surface area contributed by atoms with E-state index < -0.39 is 0 Å². The number of rotatable bonds is 4. The fourth-order valence-corrected chi connectivity index (χ4v) is 2.63. The number of aliphatic hydroxyl groups excluding tert-OH is 2. The van der Waals surface area contributed by atoms with E-state index in [4.69, 9.17) is 0 Å². The minimum atomic E-state index is -0.356. The first kappa shape index (κ1) is 13.4. The van der Waals surface area contributed by atoms with Crippen LogP contribution in [0.1, 0.15) is 40.0 Å². The lowest BCUT2D eigenvalue weighted by molar-refractivity contribution is -0.119. The topological polar surface area (TPSA) is 57.5 Å². The molecule has 0 saturated heterocycles. The molecule has 0 radical (unpaired) electrons. The second-order valence-electron chi connectivity index (χ2n) is 5.32. The van der Waals surface area contributed by atoms with Gasteiger partial charge < -0.3 is 10.2 Å². The SMILES string of the molecule is CC1=CC(=O)C[C@@](C)(CO)[C@H]1CCC(C)O. The predicted molar refractivity (Wildman–Crippen MR) is 63.0 cm³/mol. The average Bonchev–Trinajstić information content (AvgIpc) is 2.15. The van der Waals surface area contributed by atoms with Gasteiger partial charge in [0.2, 0.25) is 0 Å². The second-order valence-corrected chi connectivity index (χ2v) is 5.32. The number of hydrogen-bond acceptors (Lipinski definition) is 3. The molecule has 3 heteroatoms. The van der Waals surface area contributed by atoms with Crippen molar-refractivity contribution < 1.29 is 15.0 Å². The van der Waals surface area contributed by atoms with Gasteiger partial charge in [0.05, 0.1) is 6.10 Å². The molecule has 16 heavy (non-hydrogen) atoms. The molecule has 0 aliphatic heterocycles. The maximum Gasteiger partial charge on any atom is 0.156 e. The molecule has 0 aromatic heterocycles. The van der Waals surface area contributed by atoms with E-state index in [2.05, 4.69) is 0 Å². The van der Waals surface area contributed by atoms with Crippen LogP contribution in [0.15, 0.2) is 11.6 Å². The normalized spacial score (nSPS) is 32.4. The van der Waals surface area contributed by atoms with Gasteiger partial charge in [-0.1, -0.05) is 12.5 Å². The molecule has 0 aromatic carbocycles. The molecule has 2 N–H and O–H groups in total. The molecule has 0 bridgehead atoms. The highest BCUT2D eigenvalue weighted by Crippen LogP contribution is 2.42. The summed E-state index contributed by atoms with van der Waals surface area (Å²) < 4.78 is 0. The maximum absolute atomic E-state index is 11.5. The van der Waals surface area contributed by atoms with Gasteiger partial charge in [-0.2, -0.15) is 0 Å². The first-order chi connectivity index (χ1) is 7.39. The Hall–Kier alpha value is -0.670. The van der Waals surface area contributed by atoms with Crippen molar-refractivity contribution in [2.24, 2.45) is 11.3 Å². The van der Waals surface area contributed by atoms with E-state index in [0.29, 0.717) is 12.8 Å². The summed E-state index contributed by atoms with van der Waals surface area (Å²) in [6.07, 6.45) is 3.30. The van der Waals surface area contributed by atoms with Crippen LogP contribution < -0.4 is 0 Å². The van der Waals surface area contributed by atoms with Crippen LogP contribution >= 0.6 is 0 Å². The molecule has 0 fully saturated rings. The molecule has 0 spiro atoms. The molecular weight excluding hydrogens is 204 g/mol. The van der Waals surface area contributed by atoms with Crippen LogP contribution in [0.2, 0.25) is 0 Å². The average molecular weight is 226 g/mol. The van der Waals surface area contributed by atoms with Crippen LogP contribution in [0.5, 0.6) is 0 Å². The Kier molecular flexibility index (Phi) is 4.28. The monoisotopic (exact) mass is 226 g/mol. The van der Waals surface area contributed by atoms with Gasteiger partial charge in [0.15, 0.2) is 5.78 Å². The van der Waals surface area contributed by atoms with E-state index >= 15 is 0 Å². The Bertz CT molecular complexity index is 294. The molecule has 1 aliphatic rings. The number of allylic oxidation sites excluding steroid dienone is 2. The highest BCUT2D eigenvalue weighted by molar-refractivity contribution is 5.92. The van der Waals surface area contributed by atoms with E-state index in [0.717, 1.165) is 12.0 Å². The van der Waals surface area contributed by atoms with Crippen LogP contribution in [0, 0.1) is 11.3 Å². The van der Waals surface area contributed by atoms with Crippen molar-refractivity contribution in [3.8, 4) is 0 Å². The van der Waals surface area contributed by atoms with Gasteiger partial charge in [0, 0.05) is 18.4 Å². The Morgan fingerprint density at radius 1 is 1.62 bits per heavy atom. The lowest BCUT2D eigenvalue weighted by Gasteiger charge is -2.39. The van der Waals surface area contributed by atoms with Crippen molar-refractivity contribution in [2.45, 2.75) is 46.1 Å². The van der Waals surface area contributed by atoms with Crippen molar-refractivity contribution in [2.75, 3.05) is 6.61 Å². The van der Waals surface area contributed by atoms with E-state index in [1.165, 1.54) is 0 Å².